The normalized spacial score (nSPS) is 17.2. The molecule has 126 valence electrons. The third-order valence-corrected chi connectivity index (χ3v) is 4.17. The van der Waals surface area contributed by atoms with Gasteiger partial charge in [-0.2, -0.15) is 5.26 Å². The summed E-state index contributed by atoms with van der Waals surface area (Å²) in [5.41, 5.74) is 2.17. The molecule has 1 aromatic rings. The number of carbonyl (C=O) groups excluding carboxylic acids is 1. The van der Waals surface area contributed by atoms with Crippen molar-refractivity contribution in [2.75, 3.05) is 20.3 Å². The smallest absolute Gasteiger partial charge is 0.337 e. The second-order valence-corrected chi connectivity index (χ2v) is 5.52. The average Bonchev–Trinajstić information content (AvgIpc) is 2.59. The van der Waals surface area contributed by atoms with E-state index < -0.39 is 12.0 Å². The number of benzene rings is 1. The number of hydrogen-bond donors (Lipinski definition) is 1. The van der Waals surface area contributed by atoms with Crippen LogP contribution >= 0.6 is 12.2 Å². The van der Waals surface area contributed by atoms with Gasteiger partial charge in [-0.15, -0.1) is 0 Å². The molecule has 0 aromatic heterocycles. The van der Waals surface area contributed by atoms with E-state index in [2.05, 4.69) is 5.32 Å². The number of methoxy groups -OCH3 is 1. The summed E-state index contributed by atoms with van der Waals surface area (Å²) in [5.74, 6) is 0.199. The number of rotatable bonds is 5. The van der Waals surface area contributed by atoms with Crippen molar-refractivity contribution in [3.05, 3.63) is 41.1 Å². The van der Waals surface area contributed by atoms with E-state index in [1.807, 2.05) is 36.9 Å². The Labute approximate surface area is 146 Å². The van der Waals surface area contributed by atoms with Crippen LogP contribution in [0.3, 0.4) is 0 Å². The van der Waals surface area contributed by atoms with E-state index >= 15 is 0 Å². The Hall–Kier alpha value is -2.59. The molecule has 1 aliphatic rings. The van der Waals surface area contributed by atoms with Crippen LogP contribution in [-0.4, -0.2) is 36.2 Å². The lowest BCUT2D eigenvalue weighted by Crippen LogP contribution is -2.47. The lowest BCUT2D eigenvalue weighted by Gasteiger charge is -2.36. The van der Waals surface area contributed by atoms with Crippen LogP contribution in [0.25, 0.3) is 0 Å². The Kier molecular flexibility index (Phi) is 5.77. The van der Waals surface area contributed by atoms with Crippen LogP contribution in [0.5, 0.6) is 5.75 Å². The topological polar surface area (TPSA) is 74.6 Å². The quantitative estimate of drug-likeness (QED) is 0.648. The highest BCUT2D eigenvalue weighted by molar-refractivity contribution is 7.80. The number of carbonyl (C=O) groups is 1. The molecule has 2 rings (SSSR count). The minimum atomic E-state index is -0.393. The Bertz CT molecular complexity index is 707. The SMILES string of the molecule is CCN1C(=S)N[C@H](c2ccc(OCC#N)cc2)C(C(=O)OC)=C1C. The van der Waals surface area contributed by atoms with Crippen LogP contribution in [0.4, 0.5) is 0 Å². The second kappa shape index (κ2) is 7.79. The fraction of sp³-hybridized carbons (Fsp3) is 0.353. The lowest BCUT2D eigenvalue weighted by molar-refractivity contribution is -0.136. The Morgan fingerprint density at radius 1 is 1.42 bits per heavy atom. The van der Waals surface area contributed by atoms with Gasteiger partial charge in [0.05, 0.1) is 18.7 Å². The van der Waals surface area contributed by atoms with Gasteiger partial charge in [0.2, 0.25) is 0 Å². The van der Waals surface area contributed by atoms with Crippen LogP contribution in [0.15, 0.2) is 35.5 Å². The van der Waals surface area contributed by atoms with Gasteiger partial charge in [-0.25, -0.2) is 4.79 Å². The first-order chi connectivity index (χ1) is 11.5. The summed E-state index contributed by atoms with van der Waals surface area (Å²) in [6, 6.07) is 8.72. The predicted molar refractivity (Wildman–Crippen MR) is 93.1 cm³/mol. The molecular formula is C17H19N3O3S. The van der Waals surface area contributed by atoms with Crippen LogP contribution in [0, 0.1) is 11.3 Å². The minimum Gasteiger partial charge on any atom is -0.479 e. The van der Waals surface area contributed by atoms with E-state index in [1.54, 1.807) is 12.1 Å². The molecule has 0 amide bonds. The van der Waals surface area contributed by atoms with Crippen molar-refractivity contribution in [1.29, 1.82) is 5.26 Å². The molecular weight excluding hydrogens is 326 g/mol. The highest BCUT2D eigenvalue weighted by atomic mass is 32.1. The van der Waals surface area contributed by atoms with Crippen molar-refractivity contribution in [3.63, 3.8) is 0 Å². The monoisotopic (exact) mass is 345 g/mol. The van der Waals surface area contributed by atoms with Gasteiger partial charge < -0.3 is 19.7 Å². The fourth-order valence-corrected chi connectivity index (χ4v) is 3.04. The predicted octanol–water partition coefficient (Wildman–Crippen LogP) is 2.29. The summed E-state index contributed by atoms with van der Waals surface area (Å²) < 4.78 is 10.2. The van der Waals surface area contributed by atoms with E-state index in [9.17, 15) is 4.79 Å². The van der Waals surface area contributed by atoms with Crippen molar-refractivity contribution in [2.24, 2.45) is 0 Å². The zero-order chi connectivity index (χ0) is 17.7. The largest absolute Gasteiger partial charge is 0.479 e. The number of ether oxygens (including phenoxy) is 2. The third-order valence-electron chi connectivity index (χ3n) is 3.83. The highest BCUT2D eigenvalue weighted by Crippen LogP contribution is 2.31. The molecule has 6 nitrogen and oxygen atoms in total. The first-order valence-electron chi connectivity index (χ1n) is 7.50. The number of nitrogens with one attached hydrogen (secondary N) is 1. The number of allylic oxidation sites excluding steroid dienone is 1. The lowest BCUT2D eigenvalue weighted by atomic mass is 9.95. The standard InChI is InChI=1S/C17H19N3O3S/c1-4-20-11(2)14(16(21)22-3)15(19-17(20)24)12-5-7-13(8-6-12)23-10-9-18/h5-8,15H,4,10H2,1-3H3,(H,19,24)/t15-/m1/s1. The molecule has 0 bridgehead atoms. The molecule has 0 spiro atoms. The van der Waals surface area contributed by atoms with Gasteiger partial charge in [0.25, 0.3) is 0 Å². The molecule has 0 aliphatic carbocycles. The maximum Gasteiger partial charge on any atom is 0.337 e. The van der Waals surface area contributed by atoms with Gasteiger partial charge in [0.15, 0.2) is 11.7 Å². The zero-order valence-electron chi connectivity index (χ0n) is 13.8. The maximum atomic E-state index is 12.3. The molecule has 1 heterocycles. The number of nitriles is 1. The van der Waals surface area contributed by atoms with Gasteiger partial charge in [-0.05, 0) is 43.8 Å². The van der Waals surface area contributed by atoms with E-state index in [4.69, 9.17) is 27.0 Å². The summed E-state index contributed by atoms with van der Waals surface area (Å²) in [7, 11) is 1.36. The van der Waals surface area contributed by atoms with Crippen molar-refractivity contribution in [1.82, 2.24) is 10.2 Å². The van der Waals surface area contributed by atoms with Gasteiger partial charge in [0, 0.05) is 12.2 Å². The fourth-order valence-electron chi connectivity index (χ4n) is 2.66. The molecule has 1 aliphatic heterocycles. The maximum absolute atomic E-state index is 12.3. The summed E-state index contributed by atoms with van der Waals surface area (Å²) >= 11 is 5.41. The molecule has 0 fully saturated rings. The molecule has 0 saturated heterocycles. The number of thiocarbonyl (C=S) groups is 1. The Morgan fingerprint density at radius 2 is 2.08 bits per heavy atom. The van der Waals surface area contributed by atoms with Gasteiger partial charge >= 0.3 is 5.97 Å². The highest BCUT2D eigenvalue weighted by Gasteiger charge is 2.33. The Morgan fingerprint density at radius 3 is 2.62 bits per heavy atom. The van der Waals surface area contributed by atoms with Gasteiger partial charge in [-0.3, -0.25) is 0 Å². The summed E-state index contributed by atoms with van der Waals surface area (Å²) in [6.07, 6.45) is 0. The summed E-state index contributed by atoms with van der Waals surface area (Å²) in [4.78, 5) is 14.2. The van der Waals surface area contributed by atoms with Crippen molar-refractivity contribution >= 4 is 23.3 Å². The molecule has 1 atom stereocenters. The van der Waals surface area contributed by atoms with E-state index in [-0.39, 0.29) is 6.61 Å². The van der Waals surface area contributed by atoms with Crippen LogP contribution < -0.4 is 10.1 Å². The van der Waals surface area contributed by atoms with E-state index in [0.717, 1.165) is 11.3 Å². The summed E-state index contributed by atoms with van der Waals surface area (Å²) in [5, 5.41) is 12.3. The molecule has 0 unspecified atom stereocenters. The van der Waals surface area contributed by atoms with Crippen molar-refractivity contribution < 1.29 is 14.3 Å². The average molecular weight is 345 g/mol. The molecule has 24 heavy (non-hydrogen) atoms. The first kappa shape index (κ1) is 17.8. The second-order valence-electron chi connectivity index (χ2n) is 5.13. The molecule has 7 heteroatoms. The van der Waals surface area contributed by atoms with Gasteiger partial charge in [-0.1, -0.05) is 12.1 Å². The summed E-state index contributed by atoms with van der Waals surface area (Å²) in [6.45, 7) is 4.48. The van der Waals surface area contributed by atoms with E-state index in [1.165, 1.54) is 7.11 Å². The van der Waals surface area contributed by atoms with Crippen LogP contribution in [0.2, 0.25) is 0 Å². The molecule has 0 radical (unpaired) electrons. The minimum absolute atomic E-state index is 0.0109. The number of esters is 1. The van der Waals surface area contributed by atoms with Crippen molar-refractivity contribution in [3.8, 4) is 11.8 Å². The van der Waals surface area contributed by atoms with Crippen molar-refractivity contribution in [2.45, 2.75) is 19.9 Å². The zero-order valence-corrected chi connectivity index (χ0v) is 14.6. The number of nitrogens with zero attached hydrogens (tertiary/aromatic N) is 2. The van der Waals surface area contributed by atoms with Crippen LogP contribution in [-0.2, 0) is 9.53 Å². The number of hydrogen-bond acceptors (Lipinski definition) is 5. The van der Waals surface area contributed by atoms with E-state index in [0.29, 0.717) is 23.0 Å². The first-order valence-corrected chi connectivity index (χ1v) is 7.91. The van der Waals surface area contributed by atoms with Gasteiger partial charge in [0.1, 0.15) is 11.8 Å². The molecule has 1 aromatic carbocycles. The van der Waals surface area contributed by atoms with Crippen LogP contribution in [0.1, 0.15) is 25.5 Å². The molecule has 1 N–H and O–H groups in total. The molecule has 0 saturated carbocycles. The third kappa shape index (κ3) is 3.49. The Balaban J connectivity index is 2.39.